The van der Waals surface area contributed by atoms with Crippen LogP contribution in [0.15, 0.2) is 145 Å². The molecule has 0 amide bonds. The van der Waals surface area contributed by atoms with Crippen molar-refractivity contribution in [2.24, 2.45) is 0 Å². The van der Waals surface area contributed by atoms with Crippen LogP contribution in [0.2, 0.25) is 0 Å². The fraction of sp³-hybridized carbons (Fsp3) is 0. The Morgan fingerprint density at radius 2 is 0.778 bits per heavy atom. The minimum atomic E-state index is -0.406. The lowest BCUT2D eigenvalue weighted by Gasteiger charge is -2.18. The van der Waals surface area contributed by atoms with Crippen molar-refractivity contribution < 1.29 is 11.0 Å². The maximum atomic E-state index is 9.07. The fourth-order valence-electron chi connectivity index (χ4n) is 5.02. The number of rotatable bonds is 3. The SMILES string of the molecule is [2H]c1c([2H])c([2H])c2c(-c3ccc4cc(-c5ccccc5)ccc4c3)c3c([2H])c([2H])c([2H])c([2H])c3c(-c3ccccc3)c2c1[2H]. The van der Waals surface area contributed by atoms with Crippen molar-refractivity contribution in [2.45, 2.75) is 0 Å². The van der Waals surface area contributed by atoms with E-state index in [0.29, 0.717) is 22.3 Å². The third kappa shape index (κ3) is 3.39. The Balaban J connectivity index is 1.68. The third-order valence-electron chi connectivity index (χ3n) is 6.67. The molecule has 7 rings (SSSR count). The summed E-state index contributed by atoms with van der Waals surface area (Å²) < 4.78 is 70.4. The maximum Gasteiger partial charge on any atom is 0.0629 e. The number of hydrogen-bond donors (Lipinski definition) is 0. The van der Waals surface area contributed by atoms with E-state index in [1.165, 1.54) is 0 Å². The molecule has 7 aromatic rings. The summed E-state index contributed by atoms with van der Waals surface area (Å²) in [5, 5.41) is 2.72. The van der Waals surface area contributed by atoms with E-state index in [1.54, 1.807) is 24.3 Å². The molecule has 0 heterocycles. The van der Waals surface area contributed by atoms with E-state index in [1.807, 2.05) is 66.7 Å². The summed E-state index contributed by atoms with van der Waals surface area (Å²) >= 11 is 0. The first-order chi connectivity index (χ1) is 21.2. The van der Waals surface area contributed by atoms with Crippen molar-refractivity contribution in [1.82, 2.24) is 0 Å². The minimum Gasteiger partial charge on any atom is -0.0622 e. The molecule has 0 fully saturated rings. The predicted octanol–water partition coefficient (Wildman–Crippen LogP) is 10.1. The Morgan fingerprint density at radius 3 is 1.31 bits per heavy atom. The van der Waals surface area contributed by atoms with E-state index in [2.05, 4.69) is 6.07 Å². The zero-order valence-corrected chi connectivity index (χ0v) is 19.2. The minimum absolute atomic E-state index is 0.215. The quantitative estimate of drug-likeness (QED) is 0.228. The van der Waals surface area contributed by atoms with Gasteiger partial charge < -0.3 is 0 Å². The average molecular weight is 465 g/mol. The van der Waals surface area contributed by atoms with Crippen LogP contribution < -0.4 is 0 Å². The van der Waals surface area contributed by atoms with E-state index in [4.69, 9.17) is 11.0 Å². The summed E-state index contributed by atoms with van der Waals surface area (Å²) in [6.07, 6.45) is 0. The van der Waals surface area contributed by atoms with Crippen LogP contribution >= 0.6 is 0 Å². The molecule has 0 nitrogen and oxygen atoms in total. The summed E-state index contributed by atoms with van der Waals surface area (Å²) in [6, 6.07) is 28.2. The van der Waals surface area contributed by atoms with Gasteiger partial charge in [0.25, 0.3) is 0 Å². The van der Waals surface area contributed by atoms with Crippen molar-refractivity contribution in [3.8, 4) is 33.4 Å². The standard InChI is InChI=1S/C36H24/c1-3-11-25(12-4-1)27-19-20-29-24-30(22-21-28(29)23-27)36-33-17-9-7-15-31(33)35(26-13-5-2-6-14-26)32-16-8-10-18-34(32)36/h1-24H/i7D,8D,9D,10D,15D,16D,17D,18D. The van der Waals surface area contributed by atoms with Crippen molar-refractivity contribution in [1.29, 1.82) is 0 Å². The van der Waals surface area contributed by atoms with E-state index < -0.39 is 24.2 Å². The predicted molar refractivity (Wildman–Crippen MR) is 155 cm³/mol. The summed E-state index contributed by atoms with van der Waals surface area (Å²) in [4.78, 5) is 0. The Hall–Kier alpha value is -4.68. The number of benzene rings is 7. The van der Waals surface area contributed by atoms with Crippen LogP contribution in [0.5, 0.6) is 0 Å². The van der Waals surface area contributed by atoms with Gasteiger partial charge in [-0.05, 0) is 77.8 Å². The number of fused-ring (bicyclic) bond motifs is 3. The zero-order valence-electron chi connectivity index (χ0n) is 27.2. The van der Waals surface area contributed by atoms with Gasteiger partial charge in [-0.3, -0.25) is 0 Å². The molecule has 0 N–H and O–H groups in total. The van der Waals surface area contributed by atoms with Crippen LogP contribution in [0.25, 0.3) is 65.7 Å². The van der Waals surface area contributed by atoms with Crippen molar-refractivity contribution in [3.05, 3.63) is 145 Å². The molecule has 0 aliphatic carbocycles. The first kappa shape index (κ1) is 14.0. The molecule has 168 valence electrons. The molecule has 0 aliphatic rings. The van der Waals surface area contributed by atoms with Crippen LogP contribution in [0.4, 0.5) is 0 Å². The highest BCUT2D eigenvalue weighted by Crippen LogP contribution is 2.44. The van der Waals surface area contributed by atoms with Crippen molar-refractivity contribution >= 4 is 32.3 Å². The molecule has 0 unspecified atom stereocenters. The topological polar surface area (TPSA) is 0 Å². The average Bonchev–Trinajstić information content (AvgIpc) is 3.06. The molecule has 0 bridgehead atoms. The Kier molecular flexibility index (Phi) is 3.32. The van der Waals surface area contributed by atoms with E-state index >= 15 is 0 Å². The van der Waals surface area contributed by atoms with E-state index in [9.17, 15) is 0 Å². The maximum absolute atomic E-state index is 9.07. The van der Waals surface area contributed by atoms with Gasteiger partial charge in [0.05, 0.1) is 11.0 Å². The first-order valence-electron chi connectivity index (χ1n) is 15.8. The van der Waals surface area contributed by atoms with Crippen molar-refractivity contribution in [2.75, 3.05) is 0 Å². The second-order valence-corrected chi connectivity index (χ2v) is 8.76. The molecule has 0 aliphatic heterocycles. The molecular formula is C36H24. The molecule has 0 aromatic heterocycles. The highest BCUT2D eigenvalue weighted by molar-refractivity contribution is 6.21. The van der Waals surface area contributed by atoms with Gasteiger partial charge in [-0.15, -0.1) is 0 Å². The lowest BCUT2D eigenvalue weighted by atomic mass is 9.85. The fourth-order valence-corrected chi connectivity index (χ4v) is 5.02. The van der Waals surface area contributed by atoms with Gasteiger partial charge in [0.15, 0.2) is 0 Å². The van der Waals surface area contributed by atoms with Gasteiger partial charge in [0, 0.05) is 0 Å². The normalized spacial score (nSPS) is 14.4. The molecule has 0 spiro atoms. The van der Waals surface area contributed by atoms with Crippen LogP contribution in [-0.2, 0) is 0 Å². The van der Waals surface area contributed by atoms with Gasteiger partial charge in [0.1, 0.15) is 0 Å². The Bertz CT molecular complexity index is 2210. The second-order valence-electron chi connectivity index (χ2n) is 8.76. The molecule has 0 saturated heterocycles. The van der Waals surface area contributed by atoms with Gasteiger partial charge in [-0.25, -0.2) is 0 Å². The van der Waals surface area contributed by atoms with Gasteiger partial charge in [-0.2, -0.15) is 0 Å². The van der Waals surface area contributed by atoms with E-state index in [0.717, 1.165) is 21.9 Å². The van der Waals surface area contributed by atoms with Gasteiger partial charge >= 0.3 is 0 Å². The summed E-state index contributed by atoms with van der Waals surface area (Å²) in [5.41, 5.74) is 4.02. The Labute approximate surface area is 222 Å². The van der Waals surface area contributed by atoms with Crippen LogP contribution in [0.3, 0.4) is 0 Å². The lowest BCUT2D eigenvalue weighted by Crippen LogP contribution is -1.90. The van der Waals surface area contributed by atoms with Crippen LogP contribution in [0, 0.1) is 0 Å². The van der Waals surface area contributed by atoms with Gasteiger partial charge in [-0.1, -0.05) is 133 Å². The highest BCUT2D eigenvalue weighted by Gasteiger charge is 2.16. The highest BCUT2D eigenvalue weighted by atomic mass is 14.2. The molecule has 0 heteroatoms. The largest absolute Gasteiger partial charge is 0.0629 e. The summed E-state index contributed by atoms with van der Waals surface area (Å²) in [7, 11) is 0. The molecule has 0 radical (unpaired) electrons. The molecule has 36 heavy (non-hydrogen) atoms. The smallest absolute Gasteiger partial charge is 0.0622 e. The molecule has 0 saturated carbocycles. The zero-order chi connectivity index (χ0) is 30.9. The third-order valence-corrected chi connectivity index (χ3v) is 6.67. The van der Waals surface area contributed by atoms with Crippen molar-refractivity contribution in [3.63, 3.8) is 0 Å². The first-order valence-corrected chi connectivity index (χ1v) is 11.8. The summed E-state index contributed by atoms with van der Waals surface area (Å²) in [5.74, 6) is 0. The van der Waals surface area contributed by atoms with Crippen LogP contribution in [-0.4, -0.2) is 0 Å². The molecular weight excluding hydrogens is 432 g/mol. The molecule has 7 aromatic carbocycles. The lowest BCUT2D eigenvalue weighted by molar-refractivity contribution is 1.64. The van der Waals surface area contributed by atoms with Gasteiger partial charge in [0.2, 0.25) is 0 Å². The number of hydrogen-bond acceptors (Lipinski definition) is 0. The Morgan fingerprint density at radius 1 is 0.361 bits per heavy atom. The summed E-state index contributed by atoms with van der Waals surface area (Å²) in [6.45, 7) is 0. The molecule has 0 atom stereocenters. The second kappa shape index (κ2) is 8.52. The van der Waals surface area contributed by atoms with Crippen LogP contribution in [0.1, 0.15) is 11.0 Å². The van der Waals surface area contributed by atoms with E-state index in [-0.39, 0.29) is 45.7 Å². The monoisotopic (exact) mass is 464 g/mol.